The lowest BCUT2D eigenvalue weighted by Gasteiger charge is -2.18. The van der Waals surface area contributed by atoms with E-state index >= 15 is 0 Å². The molecular formula is C75H134O6. The summed E-state index contributed by atoms with van der Waals surface area (Å²) in [5, 5.41) is 0. The summed E-state index contributed by atoms with van der Waals surface area (Å²) in [6.07, 6.45) is 90.9. The third-order valence-corrected chi connectivity index (χ3v) is 15.7. The molecule has 0 aromatic carbocycles. The number of carbonyl (C=O) groups is 3. The van der Waals surface area contributed by atoms with Gasteiger partial charge in [0, 0.05) is 19.3 Å². The Morgan fingerprint density at radius 2 is 0.481 bits per heavy atom. The van der Waals surface area contributed by atoms with Gasteiger partial charge < -0.3 is 14.2 Å². The van der Waals surface area contributed by atoms with Gasteiger partial charge in [0.05, 0.1) is 0 Å². The van der Waals surface area contributed by atoms with Gasteiger partial charge >= 0.3 is 17.9 Å². The maximum Gasteiger partial charge on any atom is 0.306 e. The summed E-state index contributed by atoms with van der Waals surface area (Å²) in [7, 11) is 0. The molecule has 0 aliphatic heterocycles. The summed E-state index contributed by atoms with van der Waals surface area (Å²) in [4.78, 5) is 38.3. The van der Waals surface area contributed by atoms with Crippen LogP contribution >= 0.6 is 0 Å². The number of rotatable bonds is 65. The highest BCUT2D eigenvalue weighted by Crippen LogP contribution is 2.18. The van der Waals surface area contributed by atoms with Crippen molar-refractivity contribution >= 4 is 17.9 Å². The molecule has 0 amide bonds. The fraction of sp³-hybridized carbons (Fsp3) is 0.800. The first-order chi connectivity index (χ1) is 40.0. The van der Waals surface area contributed by atoms with Crippen LogP contribution in [0.25, 0.3) is 0 Å². The van der Waals surface area contributed by atoms with Crippen LogP contribution in [0.1, 0.15) is 367 Å². The number of esters is 3. The van der Waals surface area contributed by atoms with Crippen LogP contribution in [0.2, 0.25) is 0 Å². The van der Waals surface area contributed by atoms with Crippen LogP contribution in [-0.4, -0.2) is 37.2 Å². The van der Waals surface area contributed by atoms with Crippen LogP contribution in [0.4, 0.5) is 0 Å². The minimum absolute atomic E-state index is 0.0706. The smallest absolute Gasteiger partial charge is 0.306 e. The minimum Gasteiger partial charge on any atom is -0.462 e. The fourth-order valence-electron chi connectivity index (χ4n) is 10.4. The number of ether oxygens (including phenoxy) is 3. The van der Waals surface area contributed by atoms with E-state index in [-0.39, 0.29) is 31.1 Å². The Labute approximate surface area is 503 Å². The van der Waals surface area contributed by atoms with Crippen molar-refractivity contribution < 1.29 is 28.6 Å². The third-order valence-electron chi connectivity index (χ3n) is 15.7. The maximum absolute atomic E-state index is 12.9. The third kappa shape index (κ3) is 67.5. The Hall–Kier alpha value is -3.15. The molecule has 0 N–H and O–H groups in total. The normalized spacial score (nSPS) is 12.5. The summed E-state index contributed by atoms with van der Waals surface area (Å²) >= 11 is 0. The lowest BCUT2D eigenvalue weighted by Crippen LogP contribution is -2.30. The molecule has 6 heteroatoms. The predicted octanol–water partition coefficient (Wildman–Crippen LogP) is 24.4. The zero-order valence-corrected chi connectivity index (χ0v) is 54.1. The average Bonchev–Trinajstić information content (AvgIpc) is 3.47. The molecule has 0 saturated heterocycles. The van der Waals surface area contributed by atoms with Gasteiger partial charge in [-0.25, -0.2) is 0 Å². The molecule has 1 atom stereocenters. The Kier molecular flexibility index (Phi) is 66.6. The van der Waals surface area contributed by atoms with E-state index in [9.17, 15) is 14.4 Å². The first-order valence-corrected chi connectivity index (χ1v) is 35.4. The quantitative estimate of drug-likeness (QED) is 0.0261. The van der Waals surface area contributed by atoms with Crippen LogP contribution in [-0.2, 0) is 28.6 Å². The topological polar surface area (TPSA) is 78.9 Å². The molecule has 0 aromatic heterocycles. The molecule has 0 saturated carbocycles. The fourth-order valence-corrected chi connectivity index (χ4v) is 10.4. The van der Waals surface area contributed by atoms with Gasteiger partial charge in [-0.05, 0) is 89.9 Å². The molecule has 0 aromatic rings. The second-order valence-electron chi connectivity index (χ2n) is 23.8. The molecule has 470 valence electrons. The van der Waals surface area contributed by atoms with Gasteiger partial charge in [0.25, 0.3) is 0 Å². The van der Waals surface area contributed by atoms with Crippen molar-refractivity contribution in [1.29, 1.82) is 0 Å². The number of unbranched alkanes of at least 4 members (excludes halogenated alkanes) is 42. The molecule has 0 aliphatic rings. The van der Waals surface area contributed by atoms with Gasteiger partial charge in [0.2, 0.25) is 0 Å². The molecule has 0 fully saturated rings. The van der Waals surface area contributed by atoms with E-state index in [1.54, 1.807) is 0 Å². The maximum atomic E-state index is 12.9. The molecule has 6 nitrogen and oxygen atoms in total. The first kappa shape index (κ1) is 77.9. The zero-order chi connectivity index (χ0) is 58.5. The van der Waals surface area contributed by atoms with Crippen LogP contribution in [0, 0.1) is 0 Å². The monoisotopic (exact) mass is 1130 g/mol. The number of hydrogen-bond donors (Lipinski definition) is 0. The zero-order valence-electron chi connectivity index (χ0n) is 54.1. The standard InChI is InChI=1S/C75H134O6/c1-4-7-10-13-16-19-21-23-25-27-29-31-33-34-35-36-37-38-39-40-42-43-45-47-49-51-53-56-59-62-65-68-74(77)80-71-72(70-79-73(76)67-64-61-58-55-18-15-12-9-6-3)81-75(78)69-66-63-60-57-54-52-50-48-46-44-41-32-30-28-26-24-22-20-17-14-11-8-5-2/h7,10,16,19,22-25,28-31,72H,4-6,8-9,11-15,17-18,20-21,26-27,32-71H2,1-3H3/b10-7-,19-16-,24-22-,25-23-,30-28-,31-29-. The molecule has 0 spiro atoms. The van der Waals surface area contributed by atoms with Crippen molar-refractivity contribution in [3.05, 3.63) is 72.9 Å². The molecule has 0 rings (SSSR count). The van der Waals surface area contributed by atoms with E-state index in [0.29, 0.717) is 19.3 Å². The second-order valence-corrected chi connectivity index (χ2v) is 23.8. The van der Waals surface area contributed by atoms with Gasteiger partial charge in [-0.1, -0.05) is 331 Å². The summed E-state index contributed by atoms with van der Waals surface area (Å²) in [6, 6.07) is 0. The number of hydrogen-bond acceptors (Lipinski definition) is 6. The van der Waals surface area contributed by atoms with Crippen molar-refractivity contribution in [1.82, 2.24) is 0 Å². The lowest BCUT2D eigenvalue weighted by molar-refractivity contribution is -0.167. The number of allylic oxidation sites excluding steroid dienone is 12. The Morgan fingerprint density at radius 1 is 0.259 bits per heavy atom. The van der Waals surface area contributed by atoms with E-state index in [4.69, 9.17) is 14.2 Å². The highest BCUT2D eigenvalue weighted by molar-refractivity contribution is 5.71. The van der Waals surface area contributed by atoms with E-state index in [0.717, 1.165) is 89.9 Å². The van der Waals surface area contributed by atoms with Crippen molar-refractivity contribution in [3.63, 3.8) is 0 Å². The molecule has 81 heavy (non-hydrogen) atoms. The highest BCUT2D eigenvalue weighted by atomic mass is 16.6. The molecule has 1 unspecified atom stereocenters. The van der Waals surface area contributed by atoms with Crippen LogP contribution < -0.4 is 0 Å². The van der Waals surface area contributed by atoms with Crippen molar-refractivity contribution in [2.24, 2.45) is 0 Å². The summed E-state index contributed by atoms with van der Waals surface area (Å²) in [5.74, 6) is -0.854. The Morgan fingerprint density at radius 3 is 0.753 bits per heavy atom. The van der Waals surface area contributed by atoms with Crippen LogP contribution in [0.3, 0.4) is 0 Å². The van der Waals surface area contributed by atoms with E-state index in [1.807, 2.05) is 0 Å². The molecular weight excluding hydrogens is 997 g/mol. The Balaban J connectivity index is 4.10. The molecule has 0 radical (unpaired) electrons. The summed E-state index contributed by atoms with van der Waals surface area (Å²) < 4.78 is 16.9. The van der Waals surface area contributed by atoms with Gasteiger partial charge in [-0.15, -0.1) is 0 Å². The average molecular weight is 1130 g/mol. The van der Waals surface area contributed by atoms with E-state index in [2.05, 4.69) is 93.7 Å². The summed E-state index contributed by atoms with van der Waals surface area (Å²) in [6.45, 7) is 6.55. The van der Waals surface area contributed by atoms with Gasteiger partial charge in [-0.3, -0.25) is 14.4 Å². The van der Waals surface area contributed by atoms with Crippen molar-refractivity contribution in [2.45, 2.75) is 374 Å². The SMILES string of the molecule is CC/C=C\C/C=C\C/C=C\C/C=C\CCCCCCCCCCCCCCCCCCCCC(=O)OCC(COC(=O)CCCCCCCCCCC)OC(=O)CCCCCCCCCCCCC/C=C\C/C=C\CCCCCCC. The summed E-state index contributed by atoms with van der Waals surface area (Å²) in [5.41, 5.74) is 0. The van der Waals surface area contributed by atoms with Gasteiger partial charge in [0.1, 0.15) is 13.2 Å². The van der Waals surface area contributed by atoms with E-state index in [1.165, 1.54) is 238 Å². The van der Waals surface area contributed by atoms with Crippen molar-refractivity contribution in [2.75, 3.05) is 13.2 Å². The van der Waals surface area contributed by atoms with E-state index < -0.39 is 6.10 Å². The predicted molar refractivity (Wildman–Crippen MR) is 353 cm³/mol. The van der Waals surface area contributed by atoms with Gasteiger partial charge in [-0.2, -0.15) is 0 Å². The molecule has 0 bridgehead atoms. The molecule has 0 aliphatic carbocycles. The second kappa shape index (κ2) is 69.3. The van der Waals surface area contributed by atoms with Crippen LogP contribution in [0.15, 0.2) is 72.9 Å². The first-order valence-electron chi connectivity index (χ1n) is 35.4. The largest absolute Gasteiger partial charge is 0.462 e. The Bertz CT molecular complexity index is 1490. The van der Waals surface area contributed by atoms with Crippen molar-refractivity contribution in [3.8, 4) is 0 Å². The lowest BCUT2D eigenvalue weighted by atomic mass is 10.0. The minimum atomic E-state index is -0.773. The highest BCUT2D eigenvalue weighted by Gasteiger charge is 2.19. The molecule has 0 heterocycles. The van der Waals surface area contributed by atoms with Crippen LogP contribution in [0.5, 0.6) is 0 Å². The number of carbonyl (C=O) groups excluding carboxylic acids is 3. The van der Waals surface area contributed by atoms with Gasteiger partial charge in [0.15, 0.2) is 6.10 Å².